The van der Waals surface area contributed by atoms with Crippen molar-refractivity contribution in [3.05, 3.63) is 48.6 Å². The van der Waals surface area contributed by atoms with E-state index in [0.29, 0.717) is 25.7 Å². The number of amides is 2. The monoisotopic (exact) mass is 480 g/mol. The fourth-order valence-corrected chi connectivity index (χ4v) is 6.58. The van der Waals surface area contributed by atoms with Gasteiger partial charge in [0.15, 0.2) is 17.0 Å². The summed E-state index contributed by atoms with van der Waals surface area (Å²) < 4.78 is 13.6. The summed E-state index contributed by atoms with van der Waals surface area (Å²) in [6.45, 7) is 10.9. The maximum absolute atomic E-state index is 14.4. The molecule has 5 rings (SSSR count). The minimum absolute atomic E-state index is 0.161. The molecule has 3 saturated heterocycles. The lowest BCUT2D eigenvalue weighted by Gasteiger charge is -2.58. The van der Waals surface area contributed by atoms with Crippen LogP contribution < -0.4 is 0 Å². The van der Waals surface area contributed by atoms with Crippen molar-refractivity contribution in [1.82, 2.24) is 9.80 Å². The zero-order chi connectivity index (χ0) is 25.4. The van der Waals surface area contributed by atoms with Crippen LogP contribution in [0.15, 0.2) is 48.6 Å². The fraction of sp³-hybridized carbons (Fsp3) is 0.607. The molecule has 188 valence electrons. The van der Waals surface area contributed by atoms with Crippen LogP contribution in [-0.4, -0.2) is 55.7 Å². The summed E-state index contributed by atoms with van der Waals surface area (Å²) in [4.78, 5) is 45.9. The molecule has 3 aliphatic heterocycles. The van der Waals surface area contributed by atoms with Crippen molar-refractivity contribution in [1.29, 1.82) is 0 Å². The first-order valence-electron chi connectivity index (χ1n) is 12.8. The van der Waals surface area contributed by atoms with E-state index in [1.54, 1.807) is 27.7 Å². The molecule has 7 heteroatoms. The van der Waals surface area contributed by atoms with Crippen molar-refractivity contribution in [2.24, 2.45) is 11.8 Å². The van der Waals surface area contributed by atoms with Crippen LogP contribution in [0.3, 0.4) is 0 Å². The molecule has 2 amide bonds. The van der Waals surface area contributed by atoms with Gasteiger partial charge in [-0.15, -0.1) is 0 Å². The normalized spacial score (nSPS) is 46.5. The van der Waals surface area contributed by atoms with Crippen molar-refractivity contribution in [2.75, 3.05) is 0 Å². The third-order valence-corrected chi connectivity index (χ3v) is 9.23. The molecule has 7 nitrogen and oxygen atoms in total. The first-order chi connectivity index (χ1) is 16.5. The summed E-state index contributed by atoms with van der Waals surface area (Å²) in [5.74, 6) is -1.31. The van der Waals surface area contributed by atoms with E-state index in [1.807, 2.05) is 62.5 Å². The Morgan fingerprint density at radius 1 is 0.743 bits per heavy atom. The zero-order valence-electron chi connectivity index (χ0n) is 21.5. The van der Waals surface area contributed by atoms with Gasteiger partial charge >= 0.3 is 6.03 Å². The van der Waals surface area contributed by atoms with Crippen molar-refractivity contribution >= 4 is 17.6 Å². The van der Waals surface area contributed by atoms with Gasteiger partial charge in [-0.25, -0.2) is 0 Å². The predicted octanol–water partition coefficient (Wildman–Crippen LogP) is 4.02. The second-order valence-corrected chi connectivity index (χ2v) is 11.1. The number of rotatable bonds is 4. The second kappa shape index (κ2) is 7.50. The minimum Gasteiger partial charge on any atom is -0.298 e. The molecule has 0 radical (unpaired) electrons. The number of allylic oxidation sites excluding steroid dienone is 6. The molecule has 5 aliphatic rings. The van der Waals surface area contributed by atoms with Gasteiger partial charge in [-0.2, -0.15) is 0 Å². The Labute approximate surface area is 207 Å². The number of hydrogen-bond donors (Lipinski definition) is 0. The van der Waals surface area contributed by atoms with Crippen molar-refractivity contribution in [3.63, 3.8) is 0 Å². The first kappa shape index (κ1) is 24.2. The predicted molar refractivity (Wildman–Crippen MR) is 131 cm³/mol. The number of nitrogens with zero attached hydrogens (tertiary/aromatic N) is 2. The average molecular weight is 481 g/mol. The van der Waals surface area contributed by atoms with Crippen LogP contribution in [0.4, 0.5) is 0 Å². The van der Waals surface area contributed by atoms with E-state index in [2.05, 4.69) is 0 Å². The van der Waals surface area contributed by atoms with E-state index < -0.39 is 28.3 Å². The molecule has 1 spiro atoms. The second-order valence-electron chi connectivity index (χ2n) is 11.1. The zero-order valence-corrected chi connectivity index (χ0v) is 21.5. The third kappa shape index (κ3) is 2.77. The highest BCUT2D eigenvalue weighted by molar-refractivity contribution is 6.06. The Hall–Kier alpha value is -2.51. The van der Waals surface area contributed by atoms with Crippen LogP contribution in [0.5, 0.6) is 0 Å². The van der Waals surface area contributed by atoms with E-state index in [0.717, 1.165) is 0 Å². The topological polar surface area (TPSA) is 76.1 Å². The van der Waals surface area contributed by atoms with Gasteiger partial charge in [-0.05, 0) is 53.4 Å². The molecule has 6 atom stereocenters. The molecule has 0 saturated carbocycles. The Balaban J connectivity index is 1.74. The Morgan fingerprint density at radius 2 is 1.14 bits per heavy atom. The highest BCUT2D eigenvalue weighted by Crippen LogP contribution is 2.60. The molecule has 0 aromatic carbocycles. The SMILES string of the molecule is CC[C@]1(C)C(=O)[C@@](C)(CC)N2C(=O)[C@@](C)(C3C=CC=CC3)OC23O[C@](C)(C2C=CC=CC2)C(=O)N31. The van der Waals surface area contributed by atoms with E-state index in [-0.39, 0.29) is 29.4 Å². The lowest BCUT2D eigenvalue weighted by molar-refractivity contribution is -0.386. The van der Waals surface area contributed by atoms with Crippen molar-refractivity contribution in [3.8, 4) is 0 Å². The Morgan fingerprint density at radius 3 is 1.46 bits per heavy atom. The average Bonchev–Trinajstić information content (AvgIpc) is 3.24. The van der Waals surface area contributed by atoms with Gasteiger partial charge in [0.05, 0.1) is 0 Å². The third-order valence-electron chi connectivity index (χ3n) is 9.23. The number of Topliss-reactive ketones (excluding diaryl/α,β-unsaturated/α-hetero) is 1. The summed E-state index contributed by atoms with van der Waals surface area (Å²) in [7, 11) is 0. The van der Waals surface area contributed by atoms with Crippen molar-refractivity contribution < 1.29 is 23.9 Å². The minimum atomic E-state index is -1.80. The highest BCUT2D eigenvalue weighted by atomic mass is 16.8. The molecule has 0 aromatic heterocycles. The first-order valence-corrected chi connectivity index (χ1v) is 12.8. The van der Waals surface area contributed by atoms with E-state index in [4.69, 9.17) is 9.47 Å². The smallest absolute Gasteiger partial charge is 0.298 e. The highest BCUT2D eigenvalue weighted by Gasteiger charge is 2.82. The number of ether oxygens (including phenoxy) is 2. The van der Waals surface area contributed by atoms with Crippen LogP contribution in [0, 0.1) is 11.8 Å². The number of carbonyl (C=O) groups excluding carboxylic acids is 3. The van der Waals surface area contributed by atoms with Gasteiger partial charge in [0, 0.05) is 11.8 Å². The molecule has 3 heterocycles. The van der Waals surface area contributed by atoms with Crippen LogP contribution in [0.25, 0.3) is 0 Å². The molecule has 0 aromatic rings. The van der Waals surface area contributed by atoms with E-state index >= 15 is 0 Å². The largest absolute Gasteiger partial charge is 0.351 e. The molecule has 0 N–H and O–H groups in total. The molecule has 3 fully saturated rings. The van der Waals surface area contributed by atoms with Gasteiger partial charge in [-0.3, -0.25) is 33.7 Å². The van der Waals surface area contributed by atoms with Crippen molar-refractivity contribution in [2.45, 2.75) is 95.5 Å². The van der Waals surface area contributed by atoms with Gasteiger partial charge in [0.25, 0.3) is 11.8 Å². The molecular weight excluding hydrogens is 444 g/mol. The maximum Gasteiger partial charge on any atom is 0.351 e. The summed E-state index contributed by atoms with van der Waals surface area (Å²) in [5.41, 5.74) is -5.00. The van der Waals surface area contributed by atoms with Gasteiger partial charge in [0.2, 0.25) is 0 Å². The summed E-state index contributed by atoms with van der Waals surface area (Å²) >= 11 is 0. The summed E-state index contributed by atoms with van der Waals surface area (Å²) in [6.07, 6.45) is 17.6. The van der Waals surface area contributed by atoms with E-state index in [1.165, 1.54) is 9.80 Å². The van der Waals surface area contributed by atoms with Crippen LogP contribution in [-0.2, 0) is 23.9 Å². The van der Waals surface area contributed by atoms with E-state index in [9.17, 15) is 14.4 Å². The fourth-order valence-electron chi connectivity index (χ4n) is 6.58. The Kier molecular flexibility index (Phi) is 5.18. The standard InChI is InChI=1S/C28H36N2O5/c1-7-24(3)21(31)25(4,8-2)30-23(33)27(6,20-17-13-10-14-18-20)35-28(30)29(24)22(32)26(5,34-28)19-15-11-9-12-16-19/h9-15,17,19-20H,7-8,16,18H2,1-6H3/t19?,20?,24-,25-,26-,27-,28?/m1/s1. The van der Waals surface area contributed by atoms with Crippen LogP contribution >= 0.6 is 0 Å². The number of hydrogen-bond acceptors (Lipinski definition) is 5. The van der Waals surface area contributed by atoms with Gasteiger partial charge in [-0.1, -0.05) is 62.5 Å². The molecular formula is C28H36N2O5. The maximum atomic E-state index is 14.4. The number of carbonyl (C=O) groups is 3. The van der Waals surface area contributed by atoms with Crippen LogP contribution in [0.1, 0.15) is 67.2 Å². The molecule has 2 aliphatic carbocycles. The molecule has 35 heavy (non-hydrogen) atoms. The van der Waals surface area contributed by atoms with Gasteiger partial charge < -0.3 is 0 Å². The lowest BCUT2D eigenvalue weighted by Crippen LogP contribution is -2.80. The summed E-state index contributed by atoms with van der Waals surface area (Å²) in [5, 5.41) is 0. The molecule has 2 unspecified atom stereocenters. The quantitative estimate of drug-likeness (QED) is 0.608. The van der Waals surface area contributed by atoms with Gasteiger partial charge in [0.1, 0.15) is 11.1 Å². The molecule has 0 bridgehead atoms. The lowest BCUT2D eigenvalue weighted by atomic mass is 9.73. The number of ketones is 1. The van der Waals surface area contributed by atoms with Crippen LogP contribution in [0.2, 0.25) is 0 Å². The Bertz CT molecular complexity index is 1020. The summed E-state index contributed by atoms with van der Waals surface area (Å²) in [6, 6.07) is -1.80.